The zero-order valence-electron chi connectivity index (χ0n) is 11.6. The summed E-state index contributed by atoms with van der Waals surface area (Å²) in [4.78, 5) is 11.0. The van der Waals surface area contributed by atoms with E-state index in [4.69, 9.17) is 4.74 Å². The maximum atomic E-state index is 11.0. The minimum atomic E-state index is -0.596. The Morgan fingerprint density at radius 3 is 2.28 bits per heavy atom. The van der Waals surface area contributed by atoms with Crippen molar-refractivity contribution in [2.45, 2.75) is 40.2 Å². The molecule has 0 spiro atoms. The van der Waals surface area contributed by atoms with E-state index in [1.54, 1.807) is 6.92 Å². The standard InChI is InChI=1S/C12H16O3.C2H6.U/c1-3-14-12(13)15-10(2)9-11-7-5-4-6-8-11;1-2;/h4-8,10H,3,9H2,1-2H3;1-2H3;. The molecular weight excluding hydrogens is 454 g/mol. The van der Waals surface area contributed by atoms with Crippen LogP contribution in [0.1, 0.15) is 33.3 Å². The molecule has 0 aromatic heterocycles. The van der Waals surface area contributed by atoms with Crippen LogP contribution in [0.2, 0.25) is 0 Å². The molecule has 1 atom stereocenters. The van der Waals surface area contributed by atoms with E-state index in [2.05, 4.69) is 4.74 Å². The van der Waals surface area contributed by atoms with Crippen LogP contribution in [-0.4, -0.2) is 18.9 Å². The molecule has 0 aliphatic heterocycles. The summed E-state index contributed by atoms with van der Waals surface area (Å²) in [5.74, 6) is 0. The molecule has 1 rings (SSSR count). The largest absolute Gasteiger partial charge is 0.508 e. The average Bonchev–Trinajstić information content (AvgIpc) is 2.33. The SMILES string of the molecule is CC.CCOC(=O)OC(C)Cc1ccccc1.[U]. The van der Waals surface area contributed by atoms with Crippen molar-refractivity contribution >= 4 is 6.16 Å². The van der Waals surface area contributed by atoms with Crippen molar-refractivity contribution < 1.29 is 45.4 Å². The van der Waals surface area contributed by atoms with E-state index >= 15 is 0 Å². The molecule has 1 aromatic carbocycles. The quantitative estimate of drug-likeness (QED) is 0.621. The summed E-state index contributed by atoms with van der Waals surface area (Å²) in [6.45, 7) is 7.95. The van der Waals surface area contributed by atoms with E-state index in [-0.39, 0.29) is 37.2 Å². The molecule has 0 heterocycles. The first kappa shape index (κ1) is 19.9. The van der Waals surface area contributed by atoms with E-state index in [1.807, 2.05) is 51.1 Å². The summed E-state index contributed by atoms with van der Waals surface area (Å²) in [7, 11) is 0. The summed E-state index contributed by atoms with van der Waals surface area (Å²) >= 11 is 0. The Morgan fingerprint density at radius 1 is 1.22 bits per heavy atom. The summed E-state index contributed by atoms with van der Waals surface area (Å²) in [6.07, 6.45) is -0.0491. The summed E-state index contributed by atoms with van der Waals surface area (Å²) in [6, 6.07) is 9.90. The molecule has 0 saturated carbocycles. The Labute approximate surface area is 134 Å². The third kappa shape index (κ3) is 9.56. The monoisotopic (exact) mass is 476 g/mol. The molecule has 18 heavy (non-hydrogen) atoms. The summed E-state index contributed by atoms with van der Waals surface area (Å²) < 4.78 is 9.72. The predicted molar refractivity (Wildman–Crippen MR) is 69.1 cm³/mol. The van der Waals surface area contributed by atoms with Crippen molar-refractivity contribution in [1.82, 2.24) is 0 Å². The predicted octanol–water partition coefficient (Wildman–Crippen LogP) is 3.82. The van der Waals surface area contributed by atoms with Gasteiger partial charge in [-0.15, -0.1) is 0 Å². The first-order valence-electron chi connectivity index (χ1n) is 6.09. The molecule has 0 N–H and O–H groups in total. The van der Waals surface area contributed by atoms with Gasteiger partial charge in [0, 0.05) is 37.5 Å². The number of carbonyl (C=O) groups is 1. The van der Waals surface area contributed by atoms with Crippen LogP contribution in [0, 0.1) is 31.1 Å². The zero-order chi connectivity index (χ0) is 13.1. The zero-order valence-corrected chi connectivity index (χ0v) is 15.8. The average molecular weight is 476 g/mol. The maximum absolute atomic E-state index is 11.0. The van der Waals surface area contributed by atoms with Gasteiger partial charge in [0.1, 0.15) is 6.10 Å². The fourth-order valence-corrected chi connectivity index (χ4v) is 1.30. The Balaban J connectivity index is 0. The minimum absolute atomic E-state index is 0. The van der Waals surface area contributed by atoms with Crippen LogP contribution in [0.3, 0.4) is 0 Å². The number of rotatable bonds is 4. The number of ether oxygens (including phenoxy) is 2. The van der Waals surface area contributed by atoms with Crippen molar-refractivity contribution in [2.24, 2.45) is 0 Å². The van der Waals surface area contributed by atoms with E-state index < -0.39 is 6.16 Å². The van der Waals surface area contributed by atoms with Gasteiger partial charge < -0.3 is 9.47 Å². The van der Waals surface area contributed by atoms with Gasteiger partial charge in [-0.3, -0.25) is 0 Å². The third-order valence-electron chi connectivity index (χ3n) is 1.93. The molecular formula is C14H22O3U. The van der Waals surface area contributed by atoms with Gasteiger partial charge in [-0.2, -0.15) is 0 Å². The maximum Gasteiger partial charge on any atom is 0.508 e. The molecule has 0 amide bonds. The van der Waals surface area contributed by atoms with Crippen molar-refractivity contribution in [3.63, 3.8) is 0 Å². The van der Waals surface area contributed by atoms with Gasteiger partial charge in [0.05, 0.1) is 6.61 Å². The fourth-order valence-electron chi connectivity index (χ4n) is 1.30. The Bertz CT molecular complexity index is 301. The number of hydrogen-bond acceptors (Lipinski definition) is 3. The van der Waals surface area contributed by atoms with Crippen molar-refractivity contribution in [3.8, 4) is 0 Å². The molecule has 100 valence electrons. The number of carbonyl (C=O) groups excluding carboxylic acids is 1. The topological polar surface area (TPSA) is 35.5 Å². The van der Waals surface area contributed by atoms with Crippen LogP contribution < -0.4 is 0 Å². The van der Waals surface area contributed by atoms with Crippen molar-refractivity contribution in [2.75, 3.05) is 6.61 Å². The fraction of sp³-hybridized carbons (Fsp3) is 0.500. The van der Waals surface area contributed by atoms with E-state index in [1.165, 1.54) is 0 Å². The first-order chi connectivity index (χ1) is 8.22. The van der Waals surface area contributed by atoms with E-state index in [0.29, 0.717) is 13.0 Å². The molecule has 3 nitrogen and oxygen atoms in total. The first-order valence-corrected chi connectivity index (χ1v) is 6.09. The normalized spacial score (nSPS) is 10.2. The molecule has 0 fully saturated rings. The molecule has 0 radical (unpaired) electrons. The third-order valence-corrected chi connectivity index (χ3v) is 1.93. The summed E-state index contributed by atoms with van der Waals surface area (Å²) in [5, 5.41) is 0. The Hall–Kier alpha value is -0.458. The van der Waals surface area contributed by atoms with Gasteiger partial charge in [-0.1, -0.05) is 44.2 Å². The van der Waals surface area contributed by atoms with E-state index in [0.717, 1.165) is 5.56 Å². The van der Waals surface area contributed by atoms with Crippen LogP contribution in [0.5, 0.6) is 0 Å². The molecule has 4 heteroatoms. The smallest absolute Gasteiger partial charge is 0.435 e. The van der Waals surface area contributed by atoms with Crippen LogP contribution in [0.15, 0.2) is 30.3 Å². The Kier molecular flexibility index (Phi) is 14.3. The van der Waals surface area contributed by atoms with Gasteiger partial charge in [0.25, 0.3) is 0 Å². The number of benzene rings is 1. The van der Waals surface area contributed by atoms with E-state index in [9.17, 15) is 4.79 Å². The summed E-state index contributed by atoms with van der Waals surface area (Å²) in [5.41, 5.74) is 1.15. The molecule has 1 aromatic rings. The van der Waals surface area contributed by atoms with Gasteiger partial charge in [0.2, 0.25) is 0 Å². The van der Waals surface area contributed by atoms with Crippen LogP contribution in [-0.2, 0) is 15.9 Å². The van der Waals surface area contributed by atoms with Gasteiger partial charge in [0.15, 0.2) is 0 Å². The Morgan fingerprint density at radius 2 is 1.78 bits per heavy atom. The van der Waals surface area contributed by atoms with Gasteiger partial charge in [-0.05, 0) is 19.4 Å². The van der Waals surface area contributed by atoms with Crippen LogP contribution in [0.25, 0.3) is 0 Å². The molecule has 1 unspecified atom stereocenters. The number of hydrogen-bond donors (Lipinski definition) is 0. The van der Waals surface area contributed by atoms with Gasteiger partial charge >= 0.3 is 6.16 Å². The van der Waals surface area contributed by atoms with Crippen LogP contribution >= 0.6 is 0 Å². The van der Waals surface area contributed by atoms with Crippen molar-refractivity contribution in [3.05, 3.63) is 35.9 Å². The second-order valence-corrected chi connectivity index (χ2v) is 3.30. The second kappa shape index (κ2) is 13.0. The van der Waals surface area contributed by atoms with Crippen molar-refractivity contribution in [1.29, 1.82) is 0 Å². The second-order valence-electron chi connectivity index (χ2n) is 3.30. The molecule has 0 bridgehead atoms. The van der Waals surface area contributed by atoms with Gasteiger partial charge in [-0.25, -0.2) is 4.79 Å². The molecule has 0 aliphatic carbocycles. The minimum Gasteiger partial charge on any atom is -0.435 e. The molecule has 0 aliphatic rings. The van der Waals surface area contributed by atoms with Crippen LogP contribution in [0.4, 0.5) is 4.79 Å². The molecule has 0 saturated heterocycles.